The van der Waals surface area contributed by atoms with Crippen LogP contribution in [0.3, 0.4) is 0 Å². The summed E-state index contributed by atoms with van der Waals surface area (Å²) in [5.41, 5.74) is 2.19. The molecule has 0 aliphatic carbocycles. The molecule has 0 spiro atoms. The van der Waals surface area contributed by atoms with Crippen LogP contribution in [0.25, 0.3) is 0 Å². The van der Waals surface area contributed by atoms with Crippen LogP contribution in [0.5, 0.6) is 17.2 Å². The summed E-state index contributed by atoms with van der Waals surface area (Å²) in [4.78, 5) is 24.2. The molecule has 0 heterocycles. The van der Waals surface area contributed by atoms with Crippen molar-refractivity contribution in [3.63, 3.8) is 0 Å². The number of hydrogen-bond donors (Lipinski definition) is 2. The first-order valence-corrected chi connectivity index (χ1v) is 9.11. The van der Waals surface area contributed by atoms with Gasteiger partial charge in [-0.3, -0.25) is 9.59 Å². The number of anilines is 1. The molecule has 6 nitrogen and oxygen atoms in total. The maximum Gasteiger partial charge on any atom is 0.251 e. The van der Waals surface area contributed by atoms with E-state index < -0.39 is 0 Å². The SMILES string of the molecule is COc1ccccc1Oc1ccc(NC(=O)CNC(=O)c2ccc(C)cc2)cc1. The van der Waals surface area contributed by atoms with E-state index in [4.69, 9.17) is 9.47 Å². The van der Waals surface area contributed by atoms with Gasteiger partial charge >= 0.3 is 0 Å². The highest BCUT2D eigenvalue weighted by molar-refractivity contribution is 5.99. The first-order chi connectivity index (χ1) is 14.0. The largest absolute Gasteiger partial charge is 0.493 e. The first kappa shape index (κ1) is 19.9. The van der Waals surface area contributed by atoms with Gasteiger partial charge in [-0.2, -0.15) is 0 Å². The molecule has 3 rings (SSSR count). The zero-order valence-corrected chi connectivity index (χ0v) is 16.3. The Morgan fingerprint density at radius 2 is 1.52 bits per heavy atom. The van der Waals surface area contributed by atoms with Gasteiger partial charge in [0.15, 0.2) is 11.5 Å². The Kier molecular flexibility index (Phi) is 6.47. The van der Waals surface area contributed by atoms with Gasteiger partial charge in [-0.15, -0.1) is 0 Å². The predicted molar refractivity (Wildman–Crippen MR) is 112 cm³/mol. The Bertz CT molecular complexity index is 983. The van der Waals surface area contributed by atoms with Crippen LogP contribution in [0.2, 0.25) is 0 Å². The van der Waals surface area contributed by atoms with Crippen molar-refractivity contribution in [2.45, 2.75) is 6.92 Å². The quantitative estimate of drug-likeness (QED) is 0.635. The third kappa shape index (κ3) is 5.59. The smallest absolute Gasteiger partial charge is 0.251 e. The summed E-state index contributed by atoms with van der Waals surface area (Å²) in [6.45, 7) is 1.83. The van der Waals surface area contributed by atoms with Crippen LogP contribution < -0.4 is 20.1 Å². The fraction of sp³-hybridized carbons (Fsp3) is 0.130. The third-order valence-corrected chi connectivity index (χ3v) is 4.16. The molecule has 0 atom stereocenters. The van der Waals surface area contributed by atoms with Gasteiger partial charge in [-0.1, -0.05) is 29.8 Å². The molecule has 3 aromatic carbocycles. The summed E-state index contributed by atoms with van der Waals surface area (Å²) in [6, 6.07) is 21.4. The van der Waals surface area contributed by atoms with E-state index in [1.807, 2.05) is 43.3 Å². The van der Waals surface area contributed by atoms with Gasteiger partial charge in [0, 0.05) is 11.3 Å². The van der Waals surface area contributed by atoms with Crippen LogP contribution in [0.1, 0.15) is 15.9 Å². The van der Waals surface area contributed by atoms with Crippen LogP contribution in [-0.4, -0.2) is 25.5 Å². The van der Waals surface area contributed by atoms with E-state index in [0.717, 1.165) is 5.56 Å². The van der Waals surface area contributed by atoms with E-state index >= 15 is 0 Å². The molecule has 0 fully saturated rings. The Morgan fingerprint density at radius 3 is 2.17 bits per heavy atom. The van der Waals surface area contributed by atoms with E-state index in [0.29, 0.717) is 28.5 Å². The summed E-state index contributed by atoms with van der Waals surface area (Å²) >= 11 is 0. The fourth-order valence-electron chi connectivity index (χ4n) is 2.61. The Morgan fingerprint density at radius 1 is 0.862 bits per heavy atom. The second-order valence-corrected chi connectivity index (χ2v) is 6.37. The average molecular weight is 390 g/mol. The number of carbonyl (C=O) groups is 2. The number of benzene rings is 3. The standard InChI is InChI=1S/C23H22N2O4/c1-16-7-9-17(10-8-16)23(27)24-15-22(26)25-18-11-13-19(14-12-18)29-21-6-4-3-5-20(21)28-2/h3-14H,15H2,1-2H3,(H,24,27)(H,25,26). The lowest BCUT2D eigenvalue weighted by Crippen LogP contribution is -2.32. The number of para-hydroxylation sites is 2. The minimum Gasteiger partial charge on any atom is -0.493 e. The van der Waals surface area contributed by atoms with Gasteiger partial charge in [0.05, 0.1) is 13.7 Å². The van der Waals surface area contributed by atoms with E-state index in [2.05, 4.69) is 10.6 Å². The molecule has 0 aromatic heterocycles. The lowest BCUT2D eigenvalue weighted by molar-refractivity contribution is -0.115. The van der Waals surface area contributed by atoms with E-state index in [-0.39, 0.29) is 18.4 Å². The topological polar surface area (TPSA) is 76.7 Å². The number of carbonyl (C=O) groups excluding carboxylic acids is 2. The summed E-state index contributed by atoms with van der Waals surface area (Å²) in [5, 5.41) is 5.34. The molecule has 0 bridgehead atoms. The van der Waals surface area contributed by atoms with E-state index in [9.17, 15) is 9.59 Å². The second kappa shape index (κ2) is 9.41. The number of nitrogens with one attached hydrogen (secondary N) is 2. The molecule has 0 saturated heterocycles. The van der Waals surface area contributed by atoms with Gasteiger partial charge in [0.1, 0.15) is 5.75 Å². The average Bonchev–Trinajstić information content (AvgIpc) is 2.74. The Hall–Kier alpha value is -3.80. The molecule has 2 amide bonds. The van der Waals surface area contributed by atoms with Gasteiger partial charge in [-0.25, -0.2) is 0 Å². The van der Waals surface area contributed by atoms with E-state index in [1.165, 1.54) is 0 Å². The highest BCUT2D eigenvalue weighted by atomic mass is 16.5. The molecule has 6 heteroatoms. The second-order valence-electron chi connectivity index (χ2n) is 6.37. The summed E-state index contributed by atoms with van der Waals surface area (Å²) < 4.78 is 11.1. The zero-order valence-electron chi connectivity index (χ0n) is 16.3. The number of methoxy groups -OCH3 is 1. The maximum absolute atomic E-state index is 12.1. The van der Waals surface area contributed by atoms with Crippen molar-refractivity contribution < 1.29 is 19.1 Å². The third-order valence-electron chi connectivity index (χ3n) is 4.16. The van der Waals surface area contributed by atoms with Crippen LogP contribution in [0.4, 0.5) is 5.69 Å². The van der Waals surface area contributed by atoms with Crippen molar-refractivity contribution in [1.82, 2.24) is 5.32 Å². The van der Waals surface area contributed by atoms with Crippen molar-refractivity contribution in [3.05, 3.63) is 83.9 Å². The van der Waals surface area contributed by atoms with Gasteiger partial charge in [-0.05, 0) is 55.5 Å². The molecular formula is C23H22N2O4. The molecule has 0 saturated carbocycles. The zero-order chi connectivity index (χ0) is 20.6. The summed E-state index contributed by atoms with van der Waals surface area (Å²) in [5.74, 6) is 1.24. The van der Waals surface area contributed by atoms with Crippen LogP contribution >= 0.6 is 0 Å². The van der Waals surface area contributed by atoms with Crippen molar-refractivity contribution in [2.24, 2.45) is 0 Å². The fourth-order valence-corrected chi connectivity index (χ4v) is 2.61. The molecule has 2 N–H and O–H groups in total. The molecule has 0 unspecified atom stereocenters. The molecular weight excluding hydrogens is 368 g/mol. The summed E-state index contributed by atoms with van der Waals surface area (Å²) in [6.07, 6.45) is 0. The summed E-state index contributed by atoms with van der Waals surface area (Å²) in [7, 11) is 1.58. The highest BCUT2D eigenvalue weighted by Crippen LogP contribution is 2.31. The molecule has 148 valence electrons. The maximum atomic E-state index is 12.1. The first-order valence-electron chi connectivity index (χ1n) is 9.11. The van der Waals surface area contributed by atoms with Crippen molar-refractivity contribution in [1.29, 1.82) is 0 Å². The van der Waals surface area contributed by atoms with Crippen LogP contribution in [0.15, 0.2) is 72.8 Å². The van der Waals surface area contributed by atoms with Gasteiger partial charge < -0.3 is 20.1 Å². The van der Waals surface area contributed by atoms with Crippen molar-refractivity contribution in [2.75, 3.05) is 19.0 Å². The van der Waals surface area contributed by atoms with E-state index in [1.54, 1.807) is 43.5 Å². The minimum atomic E-state index is -0.316. The molecule has 29 heavy (non-hydrogen) atoms. The molecule has 0 radical (unpaired) electrons. The number of ether oxygens (including phenoxy) is 2. The molecule has 3 aromatic rings. The number of amides is 2. The normalized spacial score (nSPS) is 10.1. The van der Waals surface area contributed by atoms with Gasteiger partial charge in [0.2, 0.25) is 5.91 Å². The Balaban J connectivity index is 1.52. The van der Waals surface area contributed by atoms with Crippen molar-refractivity contribution in [3.8, 4) is 17.2 Å². The lowest BCUT2D eigenvalue weighted by atomic mass is 10.1. The predicted octanol–water partition coefficient (Wildman–Crippen LogP) is 4.16. The Labute approximate surface area is 169 Å². The number of rotatable bonds is 7. The van der Waals surface area contributed by atoms with Crippen LogP contribution in [0, 0.1) is 6.92 Å². The lowest BCUT2D eigenvalue weighted by Gasteiger charge is -2.11. The van der Waals surface area contributed by atoms with Crippen LogP contribution in [-0.2, 0) is 4.79 Å². The number of aryl methyl sites for hydroxylation is 1. The monoisotopic (exact) mass is 390 g/mol. The van der Waals surface area contributed by atoms with Crippen molar-refractivity contribution >= 4 is 17.5 Å². The highest BCUT2D eigenvalue weighted by Gasteiger charge is 2.09. The van der Waals surface area contributed by atoms with Gasteiger partial charge in [0.25, 0.3) is 5.91 Å². The molecule has 0 aliphatic rings. The molecule has 0 aliphatic heterocycles. The number of hydrogen-bond acceptors (Lipinski definition) is 4. The minimum absolute atomic E-state index is 0.119.